The molecule has 0 unspecified atom stereocenters. The molecule has 196 valence electrons. The number of carbonyl (C=O) groups excluding carboxylic acids is 1. The van der Waals surface area contributed by atoms with Gasteiger partial charge in [0.15, 0.2) is 11.5 Å². The number of hydrogen-bond donors (Lipinski definition) is 2. The average Bonchev–Trinajstić information content (AvgIpc) is 3.53. The SMILES string of the molecule is Cc1ncc(C#Cc2cccc3cc([C@@H](C)NC(=O)c4c(N)nn5cccnc45)n(-c4ccccc4)c(=O)c23)s1. The summed E-state index contributed by atoms with van der Waals surface area (Å²) in [6.07, 6.45) is 4.98. The number of amides is 1. The van der Waals surface area contributed by atoms with E-state index >= 15 is 0 Å². The molecule has 0 fully saturated rings. The maximum Gasteiger partial charge on any atom is 0.264 e. The number of benzene rings is 2. The predicted molar refractivity (Wildman–Crippen MR) is 156 cm³/mol. The van der Waals surface area contributed by atoms with E-state index in [2.05, 4.69) is 32.2 Å². The van der Waals surface area contributed by atoms with E-state index in [0.717, 1.165) is 15.3 Å². The van der Waals surface area contributed by atoms with Crippen molar-refractivity contribution in [3.63, 3.8) is 0 Å². The highest BCUT2D eigenvalue weighted by Gasteiger charge is 2.24. The van der Waals surface area contributed by atoms with Crippen molar-refractivity contribution in [1.82, 2.24) is 29.5 Å². The van der Waals surface area contributed by atoms with Crippen LogP contribution in [0.1, 0.15) is 44.5 Å². The van der Waals surface area contributed by atoms with E-state index in [-0.39, 0.29) is 16.9 Å². The lowest BCUT2D eigenvalue weighted by molar-refractivity contribution is 0.0941. The number of fused-ring (bicyclic) bond motifs is 2. The molecule has 40 heavy (non-hydrogen) atoms. The predicted octanol–water partition coefficient (Wildman–Crippen LogP) is 4.27. The molecule has 6 aromatic rings. The topological polar surface area (TPSA) is 120 Å². The summed E-state index contributed by atoms with van der Waals surface area (Å²) < 4.78 is 3.08. The molecule has 1 amide bonds. The van der Waals surface area contributed by atoms with Crippen LogP contribution >= 0.6 is 11.3 Å². The van der Waals surface area contributed by atoms with Gasteiger partial charge in [0.1, 0.15) is 5.56 Å². The Hall–Kier alpha value is -5.27. The molecule has 9 nitrogen and oxygen atoms in total. The first-order valence-corrected chi connectivity index (χ1v) is 13.3. The third-order valence-corrected chi connectivity index (χ3v) is 7.30. The fourth-order valence-electron chi connectivity index (χ4n) is 4.66. The molecule has 0 aliphatic carbocycles. The number of carbonyl (C=O) groups is 1. The molecule has 6 rings (SSSR count). The van der Waals surface area contributed by atoms with Gasteiger partial charge in [-0.1, -0.05) is 36.3 Å². The fraction of sp³-hybridized carbons (Fsp3) is 0.100. The van der Waals surface area contributed by atoms with Gasteiger partial charge >= 0.3 is 0 Å². The number of nitrogens with one attached hydrogen (secondary N) is 1. The van der Waals surface area contributed by atoms with E-state index in [0.29, 0.717) is 28.0 Å². The summed E-state index contributed by atoms with van der Waals surface area (Å²) in [5.74, 6) is 5.93. The molecule has 4 heterocycles. The van der Waals surface area contributed by atoms with E-state index in [1.54, 1.807) is 29.2 Å². The van der Waals surface area contributed by atoms with Crippen LogP contribution in [0.15, 0.2) is 84.0 Å². The molecule has 2 aromatic carbocycles. The Morgan fingerprint density at radius 2 is 1.90 bits per heavy atom. The van der Waals surface area contributed by atoms with Crippen LogP contribution in [0.25, 0.3) is 22.1 Å². The molecular formula is C30H23N7O2S. The van der Waals surface area contributed by atoms with Gasteiger partial charge in [-0.25, -0.2) is 14.5 Å². The van der Waals surface area contributed by atoms with Crippen molar-refractivity contribution in [2.75, 3.05) is 5.73 Å². The number of pyridine rings is 1. The van der Waals surface area contributed by atoms with Gasteiger partial charge in [-0.05, 0) is 55.5 Å². The molecule has 0 radical (unpaired) electrons. The van der Waals surface area contributed by atoms with E-state index < -0.39 is 11.9 Å². The van der Waals surface area contributed by atoms with Crippen molar-refractivity contribution in [3.05, 3.63) is 116 Å². The Bertz CT molecular complexity index is 2030. The fourth-order valence-corrected chi connectivity index (χ4v) is 5.29. The molecule has 0 saturated carbocycles. The number of aryl methyl sites for hydroxylation is 1. The van der Waals surface area contributed by atoms with Gasteiger partial charge in [-0.2, -0.15) is 0 Å². The van der Waals surface area contributed by atoms with Crippen molar-refractivity contribution >= 4 is 39.5 Å². The van der Waals surface area contributed by atoms with Gasteiger partial charge in [0, 0.05) is 29.3 Å². The largest absolute Gasteiger partial charge is 0.381 e. The number of para-hydroxylation sites is 1. The number of rotatable bonds is 4. The minimum Gasteiger partial charge on any atom is -0.381 e. The number of nitrogen functional groups attached to an aromatic ring is 1. The van der Waals surface area contributed by atoms with Crippen LogP contribution in [-0.2, 0) is 0 Å². The van der Waals surface area contributed by atoms with Gasteiger partial charge in [0.2, 0.25) is 0 Å². The summed E-state index contributed by atoms with van der Waals surface area (Å²) in [6.45, 7) is 3.75. The number of thiazole rings is 1. The highest BCUT2D eigenvalue weighted by Crippen LogP contribution is 2.24. The maximum atomic E-state index is 14.2. The summed E-state index contributed by atoms with van der Waals surface area (Å²) in [7, 11) is 0. The molecule has 3 N–H and O–H groups in total. The second-order valence-electron chi connectivity index (χ2n) is 9.15. The second kappa shape index (κ2) is 10.1. The zero-order valence-corrected chi connectivity index (χ0v) is 22.4. The van der Waals surface area contributed by atoms with Crippen LogP contribution in [0.5, 0.6) is 0 Å². The highest BCUT2D eigenvalue weighted by atomic mass is 32.1. The Morgan fingerprint density at radius 1 is 1.07 bits per heavy atom. The van der Waals surface area contributed by atoms with Crippen LogP contribution in [0, 0.1) is 18.8 Å². The lowest BCUT2D eigenvalue weighted by atomic mass is 10.0. The lowest BCUT2D eigenvalue weighted by Crippen LogP contribution is -2.32. The summed E-state index contributed by atoms with van der Waals surface area (Å²) in [5.41, 5.74) is 8.25. The third kappa shape index (κ3) is 4.48. The quantitative estimate of drug-likeness (QED) is 0.319. The van der Waals surface area contributed by atoms with E-state index in [9.17, 15) is 9.59 Å². The summed E-state index contributed by atoms with van der Waals surface area (Å²) in [5, 5.41) is 9.32. The standard InChI is InChI=1S/C30H23N7O2S/c1-18(34-29(38)26-27(31)35-36-15-7-14-32-28(26)36)24-16-21-9-6-8-20(12-13-23-17-33-19(2)40-23)25(21)30(39)37(24)22-10-4-3-5-11-22/h3-11,14-18H,1-2H3,(H2,31,35)(H,34,38)/t18-/m1/s1. The normalized spacial score (nSPS) is 11.8. The highest BCUT2D eigenvalue weighted by molar-refractivity contribution is 7.12. The summed E-state index contributed by atoms with van der Waals surface area (Å²) in [6, 6.07) is 17.9. The molecule has 0 aliphatic rings. The first-order chi connectivity index (χ1) is 19.4. The van der Waals surface area contributed by atoms with Crippen LogP contribution in [0.3, 0.4) is 0 Å². The average molecular weight is 546 g/mol. The molecule has 4 aromatic heterocycles. The van der Waals surface area contributed by atoms with Crippen LogP contribution in [0.4, 0.5) is 5.82 Å². The summed E-state index contributed by atoms with van der Waals surface area (Å²) >= 11 is 1.50. The smallest absolute Gasteiger partial charge is 0.264 e. The van der Waals surface area contributed by atoms with Crippen molar-refractivity contribution in [3.8, 4) is 17.5 Å². The zero-order chi connectivity index (χ0) is 27.8. The zero-order valence-electron chi connectivity index (χ0n) is 21.6. The minimum atomic E-state index is -0.572. The van der Waals surface area contributed by atoms with E-state index in [1.165, 1.54) is 15.9 Å². The van der Waals surface area contributed by atoms with Crippen molar-refractivity contribution in [2.24, 2.45) is 0 Å². The number of aromatic nitrogens is 5. The number of nitrogens with two attached hydrogens (primary N) is 1. The third-order valence-electron chi connectivity index (χ3n) is 6.47. The van der Waals surface area contributed by atoms with E-state index in [4.69, 9.17) is 5.73 Å². The molecule has 0 saturated heterocycles. The lowest BCUT2D eigenvalue weighted by Gasteiger charge is -2.21. The minimum absolute atomic E-state index is 0.0710. The second-order valence-corrected chi connectivity index (χ2v) is 10.4. The van der Waals surface area contributed by atoms with Gasteiger partial charge < -0.3 is 11.1 Å². The Morgan fingerprint density at radius 3 is 2.67 bits per heavy atom. The first-order valence-electron chi connectivity index (χ1n) is 12.5. The molecule has 0 aliphatic heterocycles. The van der Waals surface area contributed by atoms with Gasteiger partial charge in [0.05, 0.1) is 27.5 Å². The van der Waals surface area contributed by atoms with Crippen molar-refractivity contribution in [1.29, 1.82) is 0 Å². The molecular weight excluding hydrogens is 522 g/mol. The number of nitrogens with zero attached hydrogens (tertiary/aromatic N) is 5. The van der Waals surface area contributed by atoms with Crippen LogP contribution in [0.2, 0.25) is 0 Å². The van der Waals surface area contributed by atoms with Gasteiger partial charge in [-0.3, -0.25) is 14.2 Å². The summed E-state index contributed by atoms with van der Waals surface area (Å²) in [4.78, 5) is 36.9. The molecule has 0 spiro atoms. The Labute approximate surface area is 233 Å². The van der Waals surface area contributed by atoms with Crippen molar-refractivity contribution < 1.29 is 4.79 Å². The van der Waals surface area contributed by atoms with Gasteiger partial charge in [0.25, 0.3) is 11.5 Å². The Kier molecular flexibility index (Phi) is 6.34. The van der Waals surface area contributed by atoms with E-state index in [1.807, 2.05) is 68.4 Å². The van der Waals surface area contributed by atoms with Crippen LogP contribution in [-0.4, -0.2) is 30.1 Å². The first kappa shape index (κ1) is 25.0. The molecule has 0 bridgehead atoms. The maximum absolute atomic E-state index is 14.2. The molecule has 10 heteroatoms. The van der Waals surface area contributed by atoms with Crippen LogP contribution < -0.4 is 16.6 Å². The van der Waals surface area contributed by atoms with Gasteiger partial charge in [-0.15, -0.1) is 16.4 Å². The van der Waals surface area contributed by atoms with Crippen molar-refractivity contribution in [2.45, 2.75) is 19.9 Å². The molecule has 1 atom stereocenters. The number of anilines is 1. The Balaban J connectivity index is 1.48. The monoisotopic (exact) mass is 545 g/mol. The number of hydrogen-bond acceptors (Lipinski definition) is 7.